The molecule has 0 saturated carbocycles. The molecule has 0 saturated heterocycles. The smallest absolute Gasteiger partial charge is 0.233 e. The predicted molar refractivity (Wildman–Crippen MR) is 102 cm³/mol. The summed E-state index contributed by atoms with van der Waals surface area (Å²) in [5, 5.41) is 16.5. The second kappa shape index (κ2) is 6.83. The summed E-state index contributed by atoms with van der Waals surface area (Å²) < 4.78 is 6.62. The summed E-state index contributed by atoms with van der Waals surface area (Å²) in [6, 6.07) is 8.83. The number of carbonyl (C=O) groups excluding carboxylic acids is 1. The van der Waals surface area contributed by atoms with Crippen molar-refractivity contribution in [3.05, 3.63) is 57.2 Å². The fourth-order valence-electron chi connectivity index (χ4n) is 3.26. The Morgan fingerprint density at radius 2 is 2.00 bits per heavy atom. The second-order valence-corrected chi connectivity index (χ2v) is 6.99. The minimum Gasteiger partial charge on any atom is -0.480 e. The Hall–Kier alpha value is -2.64. The number of carbonyl (C=O) groups is 1. The fourth-order valence-corrected chi connectivity index (χ4v) is 3.57. The van der Waals surface area contributed by atoms with Crippen molar-refractivity contribution in [3.63, 3.8) is 0 Å². The molecule has 3 aromatic rings. The molecule has 1 aliphatic rings. The molecule has 0 spiro atoms. The van der Waals surface area contributed by atoms with Crippen LogP contribution in [0, 0.1) is 6.92 Å². The molecule has 3 heterocycles. The highest BCUT2D eigenvalue weighted by Crippen LogP contribution is 2.41. The van der Waals surface area contributed by atoms with Gasteiger partial charge in [0, 0.05) is 24.0 Å². The molecular weight excluding hydrogens is 389 g/mol. The number of nitrogens with zero attached hydrogens (tertiary/aromatic N) is 4. The Labute approximate surface area is 165 Å². The number of aryl methyl sites for hydroxylation is 1. The molecule has 2 aromatic heterocycles. The normalized spacial score (nSPS) is 16.0. The number of fused-ring (bicyclic) bond motifs is 1. The quantitative estimate of drug-likeness (QED) is 0.719. The molecule has 7 nitrogen and oxygen atoms in total. The minimum absolute atomic E-state index is 0.110. The first-order valence-corrected chi connectivity index (χ1v) is 8.96. The number of hydrogen-bond donors (Lipinski definition) is 1. The van der Waals surface area contributed by atoms with Crippen LogP contribution in [-0.2, 0) is 4.79 Å². The lowest BCUT2D eigenvalue weighted by Gasteiger charge is -2.24. The molecule has 0 fully saturated rings. The average Bonchev–Trinajstić information content (AvgIpc) is 3.00. The number of rotatable bonds is 3. The second-order valence-electron chi connectivity index (χ2n) is 6.17. The third kappa shape index (κ3) is 3.13. The fraction of sp³-hybridized carbons (Fsp3) is 0.222. The van der Waals surface area contributed by atoms with Crippen LogP contribution in [0.3, 0.4) is 0 Å². The number of halogens is 2. The van der Waals surface area contributed by atoms with Gasteiger partial charge in [0.25, 0.3) is 0 Å². The molecule has 1 N–H and O–H groups in total. The number of ether oxygens (including phenoxy) is 1. The number of aromatic nitrogens is 4. The van der Waals surface area contributed by atoms with E-state index in [-0.39, 0.29) is 11.8 Å². The Morgan fingerprint density at radius 1 is 1.19 bits per heavy atom. The highest BCUT2D eigenvalue weighted by atomic mass is 35.5. The molecule has 1 aliphatic heterocycles. The van der Waals surface area contributed by atoms with Crippen LogP contribution in [0.1, 0.15) is 29.2 Å². The molecule has 0 unspecified atom stereocenters. The lowest BCUT2D eigenvalue weighted by molar-refractivity contribution is -0.116. The van der Waals surface area contributed by atoms with E-state index in [4.69, 9.17) is 27.9 Å². The van der Waals surface area contributed by atoms with Gasteiger partial charge in [-0.3, -0.25) is 4.79 Å². The number of hydrogen-bond acceptors (Lipinski definition) is 5. The maximum atomic E-state index is 12.4. The third-order valence-electron chi connectivity index (χ3n) is 4.50. The Bertz CT molecular complexity index is 1030. The summed E-state index contributed by atoms with van der Waals surface area (Å²) in [5.41, 5.74) is 2.62. The van der Waals surface area contributed by atoms with Crippen molar-refractivity contribution < 1.29 is 9.53 Å². The standard InChI is InChI=1S/C18H15Cl2N5O2/c1-9-17-11(10-3-4-12(19)13(20)7-10)8-15(26)21-18(17)25(24-9)14-5-6-16(27-2)23-22-14/h3-7,11H,8H2,1-2H3,(H,21,26)/t11-/m1/s1. The zero-order chi connectivity index (χ0) is 19.1. The monoisotopic (exact) mass is 403 g/mol. The van der Waals surface area contributed by atoms with Crippen molar-refractivity contribution in [1.29, 1.82) is 0 Å². The molecule has 1 amide bonds. The lowest BCUT2D eigenvalue weighted by atomic mass is 9.86. The number of methoxy groups -OCH3 is 1. The SMILES string of the molecule is COc1ccc(-n2nc(C)c3c2NC(=O)C[C@@H]3c2ccc(Cl)c(Cl)c2)nn1. The van der Waals surface area contributed by atoms with E-state index in [9.17, 15) is 4.79 Å². The molecule has 1 aromatic carbocycles. The predicted octanol–water partition coefficient (Wildman–Crippen LogP) is 3.76. The molecule has 138 valence electrons. The maximum Gasteiger partial charge on any atom is 0.233 e. The Kier molecular flexibility index (Phi) is 4.49. The van der Waals surface area contributed by atoms with Crippen molar-refractivity contribution in [2.75, 3.05) is 12.4 Å². The number of anilines is 1. The minimum atomic E-state index is -0.177. The summed E-state index contributed by atoms with van der Waals surface area (Å²) in [6.45, 7) is 1.90. The van der Waals surface area contributed by atoms with Crippen molar-refractivity contribution >= 4 is 34.9 Å². The van der Waals surface area contributed by atoms with Gasteiger partial charge in [-0.05, 0) is 30.7 Å². The molecule has 27 heavy (non-hydrogen) atoms. The number of amides is 1. The van der Waals surface area contributed by atoms with Crippen LogP contribution in [0.25, 0.3) is 5.82 Å². The number of benzene rings is 1. The van der Waals surface area contributed by atoms with Crippen LogP contribution in [0.2, 0.25) is 10.0 Å². The van der Waals surface area contributed by atoms with Gasteiger partial charge in [0.15, 0.2) is 5.82 Å². The van der Waals surface area contributed by atoms with Crippen LogP contribution in [-0.4, -0.2) is 33.0 Å². The zero-order valence-corrected chi connectivity index (χ0v) is 16.0. The van der Waals surface area contributed by atoms with Crippen molar-refractivity contribution in [1.82, 2.24) is 20.0 Å². The van der Waals surface area contributed by atoms with Crippen LogP contribution in [0.5, 0.6) is 5.88 Å². The average molecular weight is 404 g/mol. The van der Waals surface area contributed by atoms with Gasteiger partial charge in [-0.15, -0.1) is 10.2 Å². The highest BCUT2D eigenvalue weighted by molar-refractivity contribution is 6.42. The molecule has 4 rings (SSSR count). The van der Waals surface area contributed by atoms with E-state index in [2.05, 4.69) is 20.6 Å². The van der Waals surface area contributed by atoms with Gasteiger partial charge in [-0.1, -0.05) is 29.3 Å². The van der Waals surface area contributed by atoms with Gasteiger partial charge >= 0.3 is 0 Å². The van der Waals surface area contributed by atoms with Crippen LogP contribution < -0.4 is 10.1 Å². The molecule has 0 aliphatic carbocycles. The molecule has 9 heteroatoms. The van der Waals surface area contributed by atoms with Gasteiger partial charge in [-0.2, -0.15) is 9.78 Å². The van der Waals surface area contributed by atoms with Crippen LogP contribution >= 0.6 is 23.2 Å². The van der Waals surface area contributed by atoms with E-state index in [1.165, 1.54) is 7.11 Å². The van der Waals surface area contributed by atoms with Crippen LogP contribution in [0.15, 0.2) is 30.3 Å². The Morgan fingerprint density at radius 3 is 2.67 bits per heavy atom. The summed E-state index contributed by atoms with van der Waals surface area (Å²) >= 11 is 12.2. The van der Waals surface area contributed by atoms with E-state index >= 15 is 0 Å². The van der Waals surface area contributed by atoms with E-state index in [0.29, 0.717) is 34.0 Å². The third-order valence-corrected chi connectivity index (χ3v) is 5.24. The van der Waals surface area contributed by atoms with E-state index in [1.807, 2.05) is 13.0 Å². The zero-order valence-electron chi connectivity index (χ0n) is 14.5. The van der Waals surface area contributed by atoms with E-state index in [1.54, 1.807) is 28.9 Å². The first kappa shape index (κ1) is 17.8. The highest BCUT2D eigenvalue weighted by Gasteiger charge is 2.33. The molecular formula is C18H15Cl2N5O2. The topological polar surface area (TPSA) is 81.9 Å². The van der Waals surface area contributed by atoms with E-state index in [0.717, 1.165) is 16.8 Å². The number of nitrogens with one attached hydrogen (secondary N) is 1. The first-order chi connectivity index (χ1) is 13.0. The van der Waals surface area contributed by atoms with Gasteiger partial charge in [0.05, 0.1) is 22.8 Å². The lowest BCUT2D eigenvalue weighted by Crippen LogP contribution is -2.25. The maximum absolute atomic E-state index is 12.4. The summed E-state index contributed by atoms with van der Waals surface area (Å²) in [6.07, 6.45) is 0.297. The first-order valence-electron chi connectivity index (χ1n) is 8.20. The van der Waals surface area contributed by atoms with Crippen molar-refractivity contribution in [2.45, 2.75) is 19.3 Å². The Balaban J connectivity index is 1.83. The molecule has 1 atom stereocenters. The summed E-state index contributed by atoms with van der Waals surface area (Å²) in [7, 11) is 1.52. The summed E-state index contributed by atoms with van der Waals surface area (Å²) in [4.78, 5) is 12.4. The molecule has 0 bridgehead atoms. The molecule has 0 radical (unpaired) electrons. The van der Waals surface area contributed by atoms with Crippen LogP contribution in [0.4, 0.5) is 5.82 Å². The van der Waals surface area contributed by atoms with Crippen molar-refractivity contribution in [2.24, 2.45) is 0 Å². The van der Waals surface area contributed by atoms with Crippen molar-refractivity contribution in [3.8, 4) is 11.7 Å². The van der Waals surface area contributed by atoms with Gasteiger partial charge in [0.2, 0.25) is 11.8 Å². The van der Waals surface area contributed by atoms with Gasteiger partial charge in [-0.25, -0.2) is 0 Å². The summed E-state index contributed by atoms with van der Waals surface area (Å²) in [5.74, 6) is 1.17. The van der Waals surface area contributed by atoms with E-state index < -0.39 is 0 Å². The van der Waals surface area contributed by atoms with Gasteiger partial charge in [0.1, 0.15) is 5.82 Å². The van der Waals surface area contributed by atoms with Gasteiger partial charge < -0.3 is 10.1 Å². The largest absolute Gasteiger partial charge is 0.480 e.